The Kier molecular flexibility index (Phi) is 3.40. The highest BCUT2D eigenvalue weighted by molar-refractivity contribution is 6.15. The van der Waals surface area contributed by atoms with Gasteiger partial charge in [0.15, 0.2) is 0 Å². The van der Waals surface area contributed by atoms with Gasteiger partial charge in [-0.3, -0.25) is 14.9 Å². The van der Waals surface area contributed by atoms with Crippen LogP contribution < -0.4 is 5.32 Å². The first-order valence-electron chi connectivity index (χ1n) is 6.85. The molecule has 21 heavy (non-hydrogen) atoms. The third-order valence-electron chi connectivity index (χ3n) is 3.65. The lowest BCUT2D eigenvalue weighted by molar-refractivity contribution is -0.123. The summed E-state index contributed by atoms with van der Waals surface area (Å²) in [6.45, 7) is 1.60. The molecule has 0 aromatic heterocycles. The number of benzene rings is 2. The Bertz CT molecular complexity index is 716. The van der Waals surface area contributed by atoms with Crippen LogP contribution in [0.3, 0.4) is 0 Å². The van der Waals surface area contributed by atoms with Crippen LogP contribution in [0.1, 0.15) is 18.1 Å². The summed E-state index contributed by atoms with van der Waals surface area (Å²) in [6.07, 6.45) is 2.38. The van der Waals surface area contributed by atoms with Gasteiger partial charge in [0.2, 0.25) is 0 Å². The van der Waals surface area contributed by atoms with Gasteiger partial charge in [-0.25, -0.2) is 0 Å². The van der Waals surface area contributed by atoms with Gasteiger partial charge in [0.05, 0.1) is 0 Å². The number of carbonyl (C=O) groups is 2. The number of imide groups is 1. The highest BCUT2D eigenvalue weighted by atomic mass is 16.2. The number of carbonyl (C=O) groups excluding carboxylic acids is 2. The summed E-state index contributed by atoms with van der Waals surface area (Å²) in [5.41, 5.74) is 6.23. The van der Waals surface area contributed by atoms with E-state index in [1.54, 1.807) is 6.92 Å². The average molecular weight is 277 g/mol. The van der Waals surface area contributed by atoms with Gasteiger partial charge in [0.1, 0.15) is 0 Å². The van der Waals surface area contributed by atoms with Crippen molar-refractivity contribution in [1.82, 2.24) is 5.32 Å². The van der Waals surface area contributed by atoms with Crippen molar-refractivity contribution in [2.24, 2.45) is 0 Å². The first-order chi connectivity index (χ1) is 10.1. The van der Waals surface area contributed by atoms with Crippen LogP contribution in [0.2, 0.25) is 0 Å². The van der Waals surface area contributed by atoms with Crippen molar-refractivity contribution in [3.63, 3.8) is 0 Å². The Morgan fingerprint density at radius 2 is 1.38 bits per heavy atom. The Morgan fingerprint density at radius 1 is 0.857 bits per heavy atom. The number of fused-ring (bicyclic) bond motifs is 3. The second kappa shape index (κ2) is 5.37. The molecule has 2 amide bonds. The Morgan fingerprint density at radius 3 is 1.76 bits per heavy atom. The van der Waals surface area contributed by atoms with Crippen LogP contribution in [-0.4, -0.2) is 11.8 Å². The van der Waals surface area contributed by atoms with Crippen molar-refractivity contribution >= 4 is 11.8 Å². The summed E-state index contributed by atoms with van der Waals surface area (Å²) in [7, 11) is 0. The molecule has 1 aliphatic heterocycles. The maximum Gasteiger partial charge on any atom is 0.253 e. The second-order valence-electron chi connectivity index (χ2n) is 5.14. The van der Waals surface area contributed by atoms with Crippen LogP contribution >= 0.6 is 0 Å². The van der Waals surface area contributed by atoms with Gasteiger partial charge in [-0.1, -0.05) is 48.5 Å². The van der Waals surface area contributed by atoms with E-state index in [2.05, 4.69) is 53.8 Å². The summed E-state index contributed by atoms with van der Waals surface area (Å²) in [6, 6.07) is 17.3. The van der Waals surface area contributed by atoms with E-state index < -0.39 is 0 Å². The van der Waals surface area contributed by atoms with E-state index >= 15 is 0 Å². The lowest BCUT2D eigenvalue weighted by Gasteiger charge is -1.98. The third kappa shape index (κ3) is 2.63. The quantitative estimate of drug-likeness (QED) is 0.642. The predicted molar refractivity (Wildman–Crippen MR) is 81.6 cm³/mol. The van der Waals surface area contributed by atoms with Crippen molar-refractivity contribution in [3.8, 4) is 11.1 Å². The van der Waals surface area contributed by atoms with E-state index in [0.29, 0.717) is 5.57 Å². The van der Waals surface area contributed by atoms with Crippen molar-refractivity contribution in [2.45, 2.75) is 13.3 Å². The molecule has 0 saturated carbocycles. The summed E-state index contributed by atoms with van der Waals surface area (Å²) in [4.78, 5) is 20.6. The van der Waals surface area contributed by atoms with Crippen LogP contribution in [0.4, 0.5) is 0 Å². The van der Waals surface area contributed by atoms with Gasteiger partial charge in [-0.2, -0.15) is 0 Å². The Balaban J connectivity index is 0.000000143. The minimum atomic E-state index is -0.312. The van der Waals surface area contributed by atoms with E-state index in [4.69, 9.17) is 0 Å². The molecule has 0 atom stereocenters. The fraction of sp³-hybridized carbons (Fsp3) is 0.111. The van der Waals surface area contributed by atoms with Gasteiger partial charge in [0.25, 0.3) is 11.8 Å². The minimum absolute atomic E-state index is 0.282. The standard InChI is InChI=1S/C13H10.C5H5NO2/c1-3-7-12-10(5-1)9-11-6-2-4-8-13(11)12;1-3-2-4(7)6-5(3)8/h1-8H,9H2;2H,1H3,(H,6,7,8). The number of rotatable bonds is 0. The molecular formula is C18H15NO2. The SMILES string of the molecule is CC1=CC(=O)NC1=O.c1ccc2c(c1)Cc1ccccc1-2. The smallest absolute Gasteiger partial charge is 0.253 e. The molecule has 0 spiro atoms. The minimum Gasteiger partial charge on any atom is -0.289 e. The Labute approximate surface area is 123 Å². The Hall–Kier alpha value is -2.68. The zero-order chi connectivity index (χ0) is 14.8. The normalized spacial score (nSPS) is 14.6. The highest BCUT2D eigenvalue weighted by Gasteiger charge is 2.16. The molecule has 1 aliphatic carbocycles. The van der Waals surface area contributed by atoms with Crippen molar-refractivity contribution < 1.29 is 9.59 Å². The van der Waals surface area contributed by atoms with Gasteiger partial charge in [-0.05, 0) is 35.6 Å². The number of amides is 2. The van der Waals surface area contributed by atoms with Gasteiger partial charge in [0, 0.05) is 11.6 Å². The first kappa shape index (κ1) is 13.3. The molecule has 3 heteroatoms. The largest absolute Gasteiger partial charge is 0.289 e. The molecule has 1 N–H and O–H groups in total. The van der Waals surface area contributed by atoms with Crippen LogP contribution in [0.15, 0.2) is 60.2 Å². The fourth-order valence-corrected chi connectivity index (χ4v) is 2.59. The zero-order valence-corrected chi connectivity index (χ0v) is 11.7. The molecule has 4 rings (SSSR count). The molecule has 1 heterocycles. The van der Waals surface area contributed by atoms with E-state index in [0.717, 1.165) is 6.42 Å². The number of hydrogen-bond donors (Lipinski definition) is 1. The first-order valence-corrected chi connectivity index (χ1v) is 6.85. The number of hydrogen-bond acceptors (Lipinski definition) is 2. The molecular weight excluding hydrogens is 262 g/mol. The molecule has 2 aromatic rings. The van der Waals surface area contributed by atoms with Gasteiger partial charge < -0.3 is 0 Å². The van der Waals surface area contributed by atoms with Crippen molar-refractivity contribution in [3.05, 3.63) is 71.3 Å². The molecule has 2 aliphatic rings. The molecule has 0 radical (unpaired) electrons. The van der Waals surface area contributed by atoms with E-state index in [9.17, 15) is 9.59 Å². The maximum atomic E-state index is 10.4. The lowest BCUT2D eigenvalue weighted by Crippen LogP contribution is -2.21. The number of nitrogens with one attached hydrogen (secondary N) is 1. The third-order valence-corrected chi connectivity index (χ3v) is 3.65. The van der Waals surface area contributed by atoms with E-state index in [-0.39, 0.29) is 11.8 Å². The fourth-order valence-electron chi connectivity index (χ4n) is 2.59. The molecule has 0 bridgehead atoms. The molecule has 0 saturated heterocycles. The highest BCUT2D eigenvalue weighted by Crippen LogP contribution is 2.35. The van der Waals surface area contributed by atoms with Crippen LogP contribution in [0, 0.1) is 0 Å². The van der Waals surface area contributed by atoms with Crippen LogP contribution in [0.25, 0.3) is 11.1 Å². The summed E-state index contributed by atoms with van der Waals surface area (Å²) < 4.78 is 0. The summed E-state index contributed by atoms with van der Waals surface area (Å²) in [5.74, 6) is -0.595. The second-order valence-corrected chi connectivity index (χ2v) is 5.14. The monoisotopic (exact) mass is 277 g/mol. The van der Waals surface area contributed by atoms with Crippen LogP contribution in [0.5, 0.6) is 0 Å². The van der Waals surface area contributed by atoms with Crippen molar-refractivity contribution in [1.29, 1.82) is 0 Å². The topological polar surface area (TPSA) is 46.2 Å². The zero-order valence-electron chi connectivity index (χ0n) is 11.7. The van der Waals surface area contributed by atoms with Crippen LogP contribution in [-0.2, 0) is 16.0 Å². The predicted octanol–water partition coefficient (Wildman–Crippen LogP) is 2.85. The maximum absolute atomic E-state index is 10.4. The summed E-state index contributed by atoms with van der Waals surface area (Å²) >= 11 is 0. The summed E-state index contributed by atoms with van der Waals surface area (Å²) in [5, 5.41) is 2.10. The molecule has 0 unspecified atom stereocenters. The molecule has 2 aromatic carbocycles. The molecule has 3 nitrogen and oxygen atoms in total. The molecule has 0 fully saturated rings. The van der Waals surface area contributed by atoms with Gasteiger partial charge >= 0.3 is 0 Å². The van der Waals surface area contributed by atoms with E-state index in [1.807, 2.05) is 0 Å². The van der Waals surface area contributed by atoms with E-state index in [1.165, 1.54) is 28.3 Å². The van der Waals surface area contributed by atoms with Gasteiger partial charge in [-0.15, -0.1) is 0 Å². The lowest BCUT2D eigenvalue weighted by atomic mass is 10.1. The van der Waals surface area contributed by atoms with Crippen molar-refractivity contribution in [2.75, 3.05) is 0 Å². The average Bonchev–Trinajstić information content (AvgIpc) is 2.99. The molecule has 104 valence electrons.